The molecule has 0 unspecified atom stereocenters. The van der Waals surface area contributed by atoms with Gasteiger partial charge >= 0.3 is 0 Å². The largest absolute Gasteiger partial charge is 0.497 e. The summed E-state index contributed by atoms with van der Waals surface area (Å²) in [5.41, 5.74) is 3.39. The monoisotopic (exact) mass is 274 g/mol. The molecule has 1 aliphatic carbocycles. The average Bonchev–Trinajstić information content (AvgIpc) is 2.88. The zero-order chi connectivity index (χ0) is 13.2. The number of halogens is 1. The molecule has 4 heteroatoms. The zero-order valence-corrected chi connectivity index (χ0v) is 11.6. The van der Waals surface area contributed by atoms with Gasteiger partial charge in [-0.1, -0.05) is 23.7 Å². The fraction of sp³-hybridized carbons (Fsp3) is 0.333. The maximum absolute atomic E-state index is 6.22. The van der Waals surface area contributed by atoms with E-state index >= 15 is 0 Å². The summed E-state index contributed by atoms with van der Waals surface area (Å²) in [6, 6.07) is 7.96. The van der Waals surface area contributed by atoms with Crippen LogP contribution in [0.2, 0.25) is 5.15 Å². The summed E-state index contributed by atoms with van der Waals surface area (Å²) >= 11 is 6.22. The Bertz CT molecular complexity index is 613. The molecule has 1 heterocycles. The van der Waals surface area contributed by atoms with E-state index in [1.54, 1.807) is 7.11 Å². The van der Waals surface area contributed by atoms with Crippen LogP contribution in [0, 0.1) is 0 Å². The smallest absolute Gasteiger partial charge is 0.136 e. The Morgan fingerprint density at radius 2 is 2.16 bits per heavy atom. The molecule has 0 amide bonds. The van der Waals surface area contributed by atoms with Crippen LogP contribution in [0.4, 0.5) is 0 Å². The molecule has 3 nitrogen and oxygen atoms in total. The van der Waals surface area contributed by atoms with E-state index in [1.165, 1.54) is 0 Å². The van der Waals surface area contributed by atoms with Gasteiger partial charge in [0.15, 0.2) is 0 Å². The Hall–Kier alpha value is -1.61. The topological polar surface area (TPSA) is 35.0 Å². The fourth-order valence-electron chi connectivity index (χ4n) is 2.48. The molecule has 19 heavy (non-hydrogen) atoms. The highest BCUT2D eigenvalue weighted by atomic mass is 35.5. The van der Waals surface area contributed by atoms with Gasteiger partial charge in [0.2, 0.25) is 0 Å². The van der Waals surface area contributed by atoms with E-state index in [2.05, 4.69) is 9.97 Å². The fourth-order valence-corrected chi connectivity index (χ4v) is 2.78. The number of fused-ring (bicyclic) bond motifs is 1. The summed E-state index contributed by atoms with van der Waals surface area (Å²) in [6.45, 7) is 0. The Morgan fingerprint density at radius 1 is 1.26 bits per heavy atom. The first-order valence-electron chi connectivity index (χ1n) is 6.43. The third-order valence-corrected chi connectivity index (χ3v) is 3.74. The molecule has 0 bridgehead atoms. The minimum absolute atomic E-state index is 0.625. The molecule has 0 radical (unpaired) electrons. The third-order valence-electron chi connectivity index (χ3n) is 3.43. The molecule has 2 aromatic rings. The number of benzene rings is 1. The summed E-state index contributed by atoms with van der Waals surface area (Å²) in [5, 5.41) is 0.625. The molecule has 1 aromatic carbocycles. The highest BCUT2D eigenvalue weighted by Crippen LogP contribution is 2.26. The predicted octanol–water partition coefficient (Wildman–Crippen LogP) is 3.22. The second kappa shape index (κ2) is 5.17. The van der Waals surface area contributed by atoms with Gasteiger partial charge in [0, 0.05) is 17.7 Å². The lowest BCUT2D eigenvalue weighted by atomic mass is 10.1. The first-order chi connectivity index (χ1) is 9.26. The van der Waals surface area contributed by atoms with Crippen LogP contribution < -0.4 is 4.74 Å². The summed E-state index contributed by atoms with van der Waals surface area (Å²) in [4.78, 5) is 9.04. The van der Waals surface area contributed by atoms with Crippen LogP contribution in [0.25, 0.3) is 0 Å². The molecular weight excluding hydrogens is 260 g/mol. The first-order valence-corrected chi connectivity index (χ1v) is 6.81. The van der Waals surface area contributed by atoms with Gasteiger partial charge in [-0.2, -0.15) is 0 Å². The number of methoxy groups -OCH3 is 1. The lowest BCUT2D eigenvalue weighted by Gasteiger charge is -2.07. The molecule has 0 saturated carbocycles. The molecule has 0 saturated heterocycles. The third kappa shape index (κ3) is 2.56. The number of aryl methyl sites for hydroxylation is 1. The molecule has 1 aliphatic rings. The van der Waals surface area contributed by atoms with Gasteiger partial charge in [-0.15, -0.1) is 0 Å². The molecule has 0 atom stereocenters. The van der Waals surface area contributed by atoms with Gasteiger partial charge in [-0.25, -0.2) is 9.97 Å². The van der Waals surface area contributed by atoms with Crippen LogP contribution in [0.3, 0.4) is 0 Å². The molecule has 3 rings (SSSR count). The van der Waals surface area contributed by atoms with Crippen molar-refractivity contribution in [2.75, 3.05) is 7.11 Å². The lowest BCUT2D eigenvalue weighted by Crippen LogP contribution is -2.02. The van der Waals surface area contributed by atoms with Crippen molar-refractivity contribution in [2.24, 2.45) is 0 Å². The zero-order valence-electron chi connectivity index (χ0n) is 10.8. The van der Waals surface area contributed by atoms with E-state index in [0.29, 0.717) is 11.6 Å². The van der Waals surface area contributed by atoms with Crippen LogP contribution in [0.5, 0.6) is 5.75 Å². The van der Waals surface area contributed by atoms with Crippen molar-refractivity contribution in [2.45, 2.75) is 25.7 Å². The standard InChI is InChI=1S/C15H15ClN2O/c1-19-11-5-2-4-10(8-11)9-14-17-13-7-3-6-12(13)15(16)18-14/h2,4-5,8H,3,6-7,9H2,1H3. The minimum atomic E-state index is 0.625. The normalized spacial score (nSPS) is 13.4. The molecular formula is C15H15ClN2O. The molecule has 0 N–H and O–H groups in total. The van der Waals surface area contributed by atoms with Crippen molar-refractivity contribution in [3.63, 3.8) is 0 Å². The Balaban J connectivity index is 1.89. The average molecular weight is 275 g/mol. The maximum atomic E-state index is 6.22. The molecule has 0 aliphatic heterocycles. The van der Waals surface area contributed by atoms with Crippen molar-refractivity contribution < 1.29 is 4.74 Å². The number of nitrogens with zero attached hydrogens (tertiary/aromatic N) is 2. The number of aromatic nitrogens is 2. The molecule has 0 fully saturated rings. The van der Waals surface area contributed by atoms with E-state index in [1.807, 2.05) is 24.3 Å². The Kier molecular flexibility index (Phi) is 3.38. The van der Waals surface area contributed by atoms with Gasteiger partial charge in [0.05, 0.1) is 7.11 Å². The van der Waals surface area contributed by atoms with Crippen molar-refractivity contribution in [3.05, 3.63) is 52.1 Å². The quantitative estimate of drug-likeness (QED) is 0.806. The van der Waals surface area contributed by atoms with E-state index in [-0.39, 0.29) is 0 Å². The van der Waals surface area contributed by atoms with Gasteiger partial charge in [0.1, 0.15) is 16.7 Å². The number of hydrogen-bond acceptors (Lipinski definition) is 3. The Morgan fingerprint density at radius 3 is 3.00 bits per heavy atom. The summed E-state index contributed by atoms with van der Waals surface area (Å²) in [7, 11) is 1.67. The van der Waals surface area contributed by atoms with Gasteiger partial charge in [0.25, 0.3) is 0 Å². The lowest BCUT2D eigenvalue weighted by molar-refractivity contribution is 0.414. The molecule has 0 spiro atoms. The van der Waals surface area contributed by atoms with Crippen LogP contribution in [0.1, 0.15) is 29.1 Å². The first kappa shape index (κ1) is 12.4. The Labute approximate surface area is 117 Å². The van der Waals surface area contributed by atoms with E-state index in [0.717, 1.165) is 47.7 Å². The number of rotatable bonds is 3. The predicted molar refractivity (Wildman–Crippen MR) is 74.9 cm³/mol. The summed E-state index contributed by atoms with van der Waals surface area (Å²) < 4.78 is 5.22. The van der Waals surface area contributed by atoms with Crippen molar-refractivity contribution in [3.8, 4) is 5.75 Å². The van der Waals surface area contributed by atoms with Crippen LogP contribution in [0.15, 0.2) is 24.3 Å². The highest BCUT2D eigenvalue weighted by molar-refractivity contribution is 6.30. The van der Waals surface area contributed by atoms with E-state index in [4.69, 9.17) is 16.3 Å². The number of ether oxygens (including phenoxy) is 1. The van der Waals surface area contributed by atoms with Crippen molar-refractivity contribution in [1.82, 2.24) is 9.97 Å². The number of hydrogen-bond donors (Lipinski definition) is 0. The second-order valence-electron chi connectivity index (χ2n) is 4.74. The van der Waals surface area contributed by atoms with E-state index in [9.17, 15) is 0 Å². The van der Waals surface area contributed by atoms with Gasteiger partial charge in [-0.05, 0) is 37.0 Å². The van der Waals surface area contributed by atoms with Crippen molar-refractivity contribution in [1.29, 1.82) is 0 Å². The SMILES string of the molecule is COc1cccc(Cc2nc(Cl)c3c(n2)CCC3)c1. The second-order valence-corrected chi connectivity index (χ2v) is 5.10. The van der Waals surface area contributed by atoms with E-state index < -0.39 is 0 Å². The molecule has 98 valence electrons. The van der Waals surface area contributed by atoms with Crippen LogP contribution in [-0.4, -0.2) is 17.1 Å². The van der Waals surface area contributed by atoms with Gasteiger partial charge < -0.3 is 4.74 Å². The minimum Gasteiger partial charge on any atom is -0.497 e. The molecule has 1 aromatic heterocycles. The van der Waals surface area contributed by atoms with Gasteiger partial charge in [-0.3, -0.25) is 0 Å². The van der Waals surface area contributed by atoms with Crippen LogP contribution in [-0.2, 0) is 19.3 Å². The maximum Gasteiger partial charge on any atom is 0.136 e. The summed E-state index contributed by atoms with van der Waals surface area (Å²) in [6.07, 6.45) is 3.84. The van der Waals surface area contributed by atoms with Crippen LogP contribution >= 0.6 is 11.6 Å². The summed E-state index contributed by atoms with van der Waals surface area (Å²) in [5.74, 6) is 1.64. The van der Waals surface area contributed by atoms with Crippen molar-refractivity contribution >= 4 is 11.6 Å². The highest BCUT2D eigenvalue weighted by Gasteiger charge is 2.18.